The van der Waals surface area contributed by atoms with E-state index in [9.17, 15) is 4.79 Å². The molecule has 1 aromatic heterocycles. The van der Waals surface area contributed by atoms with E-state index >= 15 is 0 Å². The normalized spacial score (nSPS) is 9.58. The van der Waals surface area contributed by atoms with Gasteiger partial charge in [-0.3, -0.25) is 4.79 Å². The first-order chi connectivity index (χ1) is 5.65. The lowest BCUT2D eigenvalue weighted by molar-refractivity contribution is -0.107. The zero-order valence-electron chi connectivity index (χ0n) is 6.91. The number of carbonyl (C=O) groups excluding carboxylic acids is 1. The van der Waals surface area contributed by atoms with Crippen LogP contribution in [0.15, 0.2) is 12.3 Å². The minimum absolute atomic E-state index is 0.440. The van der Waals surface area contributed by atoms with Crippen molar-refractivity contribution in [2.45, 2.75) is 6.92 Å². The molecular weight excluding hydrogens is 176 g/mol. The number of hydrogen-bond acceptors (Lipinski definition) is 2. The maximum absolute atomic E-state index is 10.4. The zero-order chi connectivity index (χ0) is 9.14. The van der Waals surface area contributed by atoms with Crippen LogP contribution in [0, 0.1) is 6.92 Å². The van der Waals surface area contributed by atoms with Gasteiger partial charge in [0.2, 0.25) is 6.41 Å². The summed E-state index contributed by atoms with van der Waals surface area (Å²) in [6.45, 7) is 1.88. The fraction of sp³-hybridized carbons (Fsp3) is 0.250. The molecule has 4 heteroatoms. The summed E-state index contributed by atoms with van der Waals surface area (Å²) < 4.78 is 0. The summed E-state index contributed by atoms with van der Waals surface area (Å²) in [5.41, 5.74) is 1.71. The number of anilines is 1. The Morgan fingerprint density at radius 2 is 2.33 bits per heavy atom. The van der Waals surface area contributed by atoms with Crippen molar-refractivity contribution >= 4 is 23.7 Å². The van der Waals surface area contributed by atoms with Gasteiger partial charge in [0.15, 0.2) is 0 Å². The number of amides is 1. The molecule has 0 N–H and O–H groups in total. The van der Waals surface area contributed by atoms with Crippen molar-refractivity contribution in [3.05, 3.63) is 23.0 Å². The van der Waals surface area contributed by atoms with Crippen LogP contribution in [0.5, 0.6) is 0 Å². The molecule has 0 radical (unpaired) electrons. The first kappa shape index (κ1) is 9.00. The molecule has 12 heavy (non-hydrogen) atoms. The Morgan fingerprint density at radius 3 is 2.83 bits per heavy atom. The second kappa shape index (κ2) is 3.54. The maximum atomic E-state index is 10.4. The van der Waals surface area contributed by atoms with E-state index in [4.69, 9.17) is 11.6 Å². The molecule has 0 atom stereocenters. The highest BCUT2D eigenvalue weighted by Crippen LogP contribution is 2.18. The van der Waals surface area contributed by atoms with Gasteiger partial charge in [0.05, 0.1) is 11.9 Å². The number of rotatable bonds is 2. The van der Waals surface area contributed by atoms with Crippen molar-refractivity contribution in [1.29, 1.82) is 0 Å². The molecule has 0 aliphatic heterocycles. The van der Waals surface area contributed by atoms with Crippen LogP contribution < -0.4 is 4.90 Å². The number of aromatic nitrogens is 1. The number of hydrogen-bond donors (Lipinski definition) is 0. The lowest BCUT2D eigenvalue weighted by atomic mass is 10.2. The van der Waals surface area contributed by atoms with Gasteiger partial charge in [0.1, 0.15) is 5.15 Å². The minimum atomic E-state index is 0.440. The molecular formula is C8H9ClN2O. The van der Waals surface area contributed by atoms with Crippen molar-refractivity contribution in [3.8, 4) is 0 Å². The highest BCUT2D eigenvalue weighted by atomic mass is 35.5. The summed E-state index contributed by atoms with van der Waals surface area (Å²) >= 11 is 5.65. The fourth-order valence-corrected chi connectivity index (χ4v) is 1.15. The van der Waals surface area contributed by atoms with Crippen LogP contribution in [0.1, 0.15) is 5.56 Å². The molecule has 1 rings (SSSR count). The van der Waals surface area contributed by atoms with Gasteiger partial charge in [0.25, 0.3) is 0 Å². The highest BCUT2D eigenvalue weighted by molar-refractivity contribution is 6.29. The third kappa shape index (κ3) is 1.74. The molecule has 1 amide bonds. The Bertz CT molecular complexity index is 301. The lowest BCUT2D eigenvalue weighted by Gasteiger charge is -2.12. The lowest BCUT2D eigenvalue weighted by Crippen LogP contribution is -2.15. The van der Waals surface area contributed by atoms with Gasteiger partial charge in [-0.05, 0) is 18.6 Å². The minimum Gasteiger partial charge on any atom is -0.316 e. The Morgan fingerprint density at radius 1 is 1.67 bits per heavy atom. The molecule has 0 saturated carbocycles. The largest absolute Gasteiger partial charge is 0.316 e. The average Bonchev–Trinajstić information content (AvgIpc) is 2.03. The van der Waals surface area contributed by atoms with Gasteiger partial charge < -0.3 is 4.90 Å². The summed E-state index contributed by atoms with van der Waals surface area (Å²) in [5, 5.41) is 0.440. The zero-order valence-corrected chi connectivity index (χ0v) is 7.67. The summed E-state index contributed by atoms with van der Waals surface area (Å²) in [7, 11) is 1.67. The van der Waals surface area contributed by atoms with Gasteiger partial charge in [0, 0.05) is 7.05 Å². The Hall–Kier alpha value is -1.09. The standard InChI is InChI=1S/C8H9ClN2O/c1-6-3-8(9)10-4-7(6)11(2)5-12/h3-5H,1-2H3. The molecule has 1 heterocycles. The van der Waals surface area contributed by atoms with Gasteiger partial charge in [-0.1, -0.05) is 11.6 Å². The van der Waals surface area contributed by atoms with Crippen LogP contribution in [-0.4, -0.2) is 18.4 Å². The predicted molar refractivity (Wildman–Crippen MR) is 48.5 cm³/mol. The van der Waals surface area contributed by atoms with Crippen LogP contribution in [-0.2, 0) is 4.79 Å². The SMILES string of the molecule is Cc1cc(Cl)ncc1N(C)C=O. The predicted octanol–water partition coefficient (Wildman–Crippen LogP) is 1.64. The van der Waals surface area contributed by atoms with E-state index in [0.717, 1.165) is 17.7 Å². The molecule has 0 saturated heterocycles. The molecule has 1 aromatic rings. The van der Waals surface area contributed by atoms with Crippen molar-refractivity contribution in [2.24, 2.45) is 0 Å². The molecule has 0 aromatic carbocycles. The highest BCUT2D eigenvalue weighted by Gasteiger charge is 2.03. The number of pyridine rings is 1. The van der Waals surface area contributed by atoms with Gasteiger partial charge >= 0.3 is 0 Å². The van der Waals surface area contributed by atoms with Crippen LogP contribution in [0.25, 0.3) is 0 Å². The third-order valence-electron chi connectivity index (χ3n) is 1.59. The van der Waals surface area contributed by atoms with Crippen molar-refractivity contribution < 1.29 is 4.79 Å². The molecule has 3 nitrogen and oxygen atoms in total. The third-order valence-corrected chi connectivity index (χ3v) is 1.79. The molecule has 0 aliphatic carbocycles. The van der Waals surface area contributed by atoms with Crippen LogP contribution in [0.2, 0.25) is 5.15 Å². The number of halogens is 1. The fourth-order valence-electron chi connectivity index (χ4n) is 0.941. The van der Waals surface area contributed by atoms with E-state index in [1.165, 1.54) is 4.90 Å². The first-order valence-electron chi connectivity index (χ1n) is 3.45. The average molecular weight is 185 g/mol. The summed E-state index contributed by atoms with van der Waals surface area (Å²) in [6, 6.07) is 1.72. The van der Waals surface area contributed by atoms with Crippen molar-refractivity contribution in [2.75, 3.05) is 11.9 Å². The molecule has 0 aliphatic rings. The Labute approximate surface area is 76.0 Å². The number of carbonyl (C=O) groups is 1. The van der Waals surface area contributed by atoms with Crippen molar-refractivity contribution in [1.82, 2.24) is 4.98 Å². The topological polar surface area (TPSA) is 33.2 Å². The van der Waals surface area contributed by atoms with Gasteiger partial charge in [-0.15, -0.1) is 0 Å². The smallest absolute Gasteiger partial charge is 0.213 e. The molecule has 64 valence electrons. The van der Waals surface area contributed by atoms with Crippen LogP contribution >= 0.6 is 11.6 Å². The second-order valence-electron chi connectivity index (χ2n) is 2.51. The molecule has 0 spiro atoms. The van der Waals surface area contributed by atoms with Gasteiger partial charge in [-0.25, -0.2) is 4.98 Å². The second-order valence-corrected chi connectivity index (χ2v) is 2.90. The molecule has 0 unspecified atom stereocenters. The Balaban J connectivity index is 3.09. The van der Waals surface area contributed by atoms with E-state index in [2.05, 4.69) is 4.98 Å². The van der Waals surface area contributed by atoms with Crippen LogP contribution in [0.3, 0.4) is 0 Å². The first-order valence-corrected chi connectivity index (χ1v) is 3.83. The summed E-state index contributed by atoms with van der Waals surface area (Å²) in [4.78, 5) is 15.7. The number of nitrogens with zero attached hydrogens (tertiary/aromatic N) is 2. The monoisotopic (exact) mass is 184 g/mol. The molecule has 0 fully saturated rings. The van der Waals surface area contributed by atoms with Crippen molar-refractivity contribution in [3.63, 3.8) is 0 Å². The summed E-state index contributed by atoms with van der Waals surface area (Å²) in [6.07, 6.45) is 2.31. The van der Waals surface area contributed by atoms with Gasteiger partial charge in [-0.2, -0.15) is 0 Å². The van der Waals surface area contributed by atoms with E-state index < -0.39 is 0 Å². The summed E-state index contributed by atoms with van der Waals surface area (Å²) in [5.74, 6) is 0. The number of aryl methyl sites for hydroxylation is 1. The van der Waals surface area contributed by atoms with E-state index in [1.807, 2.05) is 6.92 Å². The van der Waals surface area contributed by atoms with E-state index in [-0.39, 0.29) is 0 Å². The van der Waals surface area contributed by atoms with E-state index in [1.54, 1.807) is 19.3 Å². The van der Waals surface area contributed by atoms with E-state index in [0.29, 0.717) is 5.15 Å². The Kier molecular flexibility index (Phi) is 2.65. The van der Waals surface area contributed by atoms with Crippen LogP contribution in [0.4, 0.5) is 5.69 Å². The molecule has 0 bridgehead atoms. The maximum Gasteiger partial charge on any atom is 0.213 e. The quantitative estimate of drug-likeness (QED) is 0.517.